The number of nitrogens with zero attached hydrogens (tertiary/aromatic N) is 5. The van der Waals surface area contributed by atoms with Crippen molar-refractivity contribution in [2.75, 3.05) is 7.11 Å². The number of methoxy groups -OCH3 is 1. The average Bonchev–Trinajstić information content (AvgIpc) is 3.11. The zero-order valence-corrected chi connectivity index (χ0v) is 9.58. The molecule has 3 rings (SSSR count). The lowest BCUT2D eigenvalue weighted by Gasteiger charge is -2.01. The molecule has 2 heterocycles. The van der Waals surface area contributed by atoms with Crippen LogP contribution in [0, 0.1) is 0 Å². The predicted octanol–water partition coefficient (Wildman–Crippen LogP) is 1.00. The van der Waals surface area contributed by atoms with E-state index in [9.17, 15) is 0 Å². The van der Waals surface area contributed by atoms with Gasteiger partial charge in [0.2, 0.25) is 5.88 Å². The van der Waals surface area contributed by atoms with E-state index in [1.807, 2.05) is 18.2 Å². The van der Waals surface area contributed by atoms with E-state index in [0.29, 0.717) is 18.3 Å². The second kappa shape index (κ2) is 4.12. The molecule has 1 aliphatic rings. The lowest BCUT2D eigenvalue weighted by molar-refractivity contribution is 0.395. The number of aromatic nitrogens is 5. The van der Waals surface area contributed by atoms with Gasteiger partial charge in [-0.05, 0) is 24.1 Å². The molecule has 1 aliphatic carbocycles. The van der Waals surface area contributed by atoms with Crippen molar-refractivity contribution in [2.24, 2.45) is 0 Å². The first-order valence-corrected chi connectivity index (χ1v) is 5.63. The number of pyridine rings is 1. The van der Waals surface area contributed by atoms with E-state index in [-0.39, 0.29) is 0 Å². The molecule has 0 atom stereocenters. The summed E-state index contributed by atoms with van der Waals surface area (Å²) in [5.41, 5.74) is 0.865. The van der Waals surface area contributed by atoms with Gasteiger partial charge in [-0.15, -0.1) is 10.2 Å². The third kappa shape index (κ3) is 2.25. The van der Waals surface area contributed by atoms with Gasteiger partial charge in [-0.1, -0.05) is 6.07 Å². The predicted molar refractivity (Wildman–Crippen MR) is 59.7 cm³/mol. The van der Waals surface area contributed by atoms with E-state index < -0.39 is 0 Å². The van der Waals surface area contributed by atoms with E-state index in [1.54, 1.807) is 11.9 Å². The second-order valence-electron chi connectivity index (χ2n) is 4.12. The summed E-state index contributed by atoms with van der Waals surface area (Å²) < 4.78 is 5.07. The molecule has 1 saturated carbocycles. The SMILES string of the molecule is COc1cccc(Cn2nnc(C3CC3)n2)n1. The molecule has 6 heteroatoms. The molecule has 0 spiro atoms. The van der Waals surface area contributed by atoms with Crippen LogP contribution in [0.25, 0.3) is 0 Å². The molecule has 0 radical (unpaired) electrons. The van der Waals surface area contributed by atoms with Crippen molar-refractivity contribution < 1.29 is 4.74 Å². The van der Waals surface area contributed by atoms with Crippen LogP contribution in [0.5, 0.6) is 5.88 Å². The number of ether oxygens (including phenoxy) is 1. The van der Waals surface area contributed by atoms with Crippen molar-refractivity contribution in [3.8, 4) is 5.88 Å². The molecule has 2 aromatic heterocycles. The highest BCUT2D eigenvalue weighted by molar-refractivity contribution is 5.15. The van der Waals surface area contributed by atoms with Gasteiger partial charge in [-0.2, -0.15) is 4.80 Å². The number of hydrogen-bond donors (Lipinski definition) is 0. The minimum atomic E-state index is 0.525. The fourth-order valence-electron chi connectivity index (χ4n) is 1.63. The summed E-state index contributed by atoms with van der Waals surface area (Å²) in [6, 6.07) is 5.64. The van der Waals surface area contributed by atoms with Crippen LogP contribution in [0.1, 0.15) is 30.3 Å². The van der Waals surface area contributed by atoms with Crippen LogP contribution < -0.4 is 4.74 Å². The summed E-state index contributed by atoms with van der Waals surface area (Å²) in [6.07, 6.45) is 2.37. The largest absolute Gasteiger partial charge is 0.481 e. The summed E-state index contributed by atoms with van der Waals surface area (Å²) in [5.74, 6) is 1.99. The summed E-state index contributed by atoms with van der Waals surface area (Å²) in [6.45, 7) is 0.525. The zero-order valence-electron chi connectivity index (χ0n) is 9.58. The summed E-state index contributed by atoms with van der Waals surface area (Å²) in [4.78, 5) is 5.88. The molecule has 0 amide bonds. The Balaban J connectivity index is 1.75. The van der Waals surface area contributed by atoms with E-state index >= 15 is 0 Å². The van der Waals surface area contributed by atoms with Crippen molar-refractivity contribution >= 4 is 0 Å². The highest BCUT2D eigenvalue weighted by Crippen LogP contribution is 2.37. The van der Waals surface area contributed by atoms with Gasteiger partial charge in [-0.3, -0.25) is 0 Å². The Labute approximate surface area is 98.6 Å². The smallest absolute Gasteiger partial charge is 0.213 e. The first-order chi connectivity index (χ1) is 8.35. The minimum Gasteiger partial charge on any atom is -0.481 e. The molecule has 0 N–H and O–H groups in total. The van der Waals surface area contributed by atoms with E-state index in [2.05, 4.69) is 20.4 Å². The van der Waals surface area contributed by atoms with Gasteiger partial charge in [0.15, 0.2) is 5.82 Å². The number of tetrazole rings is 1. The monoisotopic (exact) mass is 231 g/mol. The van der Waals surface area contributed by atoms with Crippen molar-refractivity contribution in [2.45, 2.75) is 25.3 Å². The highest BCUT2D eigenvalue weighted by atomic mass is 16.5. The molecule has 0 saturated heterocycles. The van der Waals surface area contributed by atoms with Crippen molar-refractivity contribution in [1.29, 1.82) is 0 Å². The third-order valence-electron chi connectivity index (χ3n) is 2.70. The molecule has 0 unspecified atom stereocenters. The Morgan fingerprint density at radius 1 is 1.41 bits per heavy atom. The maximum Gasteiger partial charge on any atom is 0.213 e. The van der Waals surface area contributed by atoms with E-state index in [1.165, 1.54) is 12.8 Å². The summed E-state index contributed by atoms with van der Waals surface area (Å²) >= 11 is 0. The van der Waals surface area contributed by atoms with Gasteiger partial charge in [0.25, 0.3) is 0 Å². The normalized spacial score (nSPS) is 14.9. The molecular weight excluding hydrogens is 218 g/mol. The second-order valence-corrected chi connectivity index (χ2v) is 4.12. The molecule has 6 nitrogen and oxygen atoms in total. The lowest BCUT2D eigenvalue weighted by Crippen LogP contribution is -2.06. The molecule has 88 valence electrons. The zero-order chi connectivity index (χ0) is 11.7. The first-order valence-electron chi connectivity index (χ1n) is 5.63. The van der Waals surface area contributed by atoms with Crippen molar-refractivity contribution in [3.63, 3.8) is 0 Å². The van der Waals surface area contributed by atoms with Gasteiger partial charge in [-0.25, -0.2) is 4.98 Å². The maximum atomic E-state index is 5.07. The van der Waals surface area contributed by atoms with Crippen LogP contribution in [0.15, 0.2) is 18.2 Å². The third-order valence-corrected chi connectivity index (χ3v) is 2.70. The summed E-state index contributed by atoms with van der Waals surface area (Å²) in [5, 5.41) is 12.4. The van der Waals surface area contributed by atoms with Crippen LogP contribution >= 0.6 is 0 Å². The average molecular weight is 231 g/mol. The van der Waals surface area contributed by atoms with Gasteiger partial charge in [0.1, 0.15) is 6.54 Å². The Hall–Kier alpha value is -1.98. The molecular formula is C11H13N5O. The quantitative estimate of drug-likeness (QED) is 0.785. The molecule has 0 bridgehead atoms. The van der Waals surface area contributed by atoms with Gasteiger partial charge in [0.05, 0.1) is 12.8 Å². The lowest BCUT2D eigenvalue weighted by atomic mass is 10.3. The van der Waals surface area contributed by atoms with Crippen LogP contribution in [0.2, 0.25) is 0 Å². The number of hydrogen-bond acceptors (Lipinski definition) is 5. The van der Waals surface area contributed by atoms with Gasteiger partial charge in [0, 0.05) is 12.0 Å². The van der Waals surface area contributed by atoms with Crippen molar-refractivity contribution in [1.82, 2.24) is 25.2 Å². The van der Waals surface area contributed by atoms with Crippen molar-refractivity contribution in [3.05, 3.63) is 29.7 Å². The molecule has 0 aliphatic heterocycles. The van der Waals surface area contributed by atoms with Crippen LogP contribution in [-0.2, 0) is 6.54 Å². The van der Waals surface area contributed by atoms with E-state index in [4.69, 9.17) is 4.74 Å². The Bertz CT molecular complexity index is 520. The van der Waals surface area contributed by atoms with Gasteiger partial charge < -0.3 is 4.74 Å². The fraction of sp³-hybridized carbons (Fsp3) is 0.455. The van der Waals surface area contributed by atoms with Crippen LogP contribution in [0.3, 0.4) is 0 Å². The topological polar surface area (TPSA) is 65.7 Å². The minimum absolute atomic E-state index is 0.525. The fourth-order valence-corrected chi connectivity index (χ4v) is 1.63. The van der Waals surface area contributed by atoms with E-state index in [0.717, 1.165) is 11.5 Å². The Morgan fingerprint density at radius 3 is 3.06 bits per heavy atom. The maximum absolute atomic E-state index is 5.07. The Morgan fingerprint density at radius 2 is 2.29 bits per heavy atom. The standard InChI is InChI=1S/C11H13N5O/c1-17-10-4-2-3-9(12-10)7-16-14-11(13-15-16)8-5-6-8/h2-4,8H,5-7H2,1H3. The molecule has 2 aromatic rings. The van der Waals surface area contributed by atoms with Crippen LogP contribution in [0.4, 0.5) is 0 Å². The molecule has 0 aromatic carbocycles. The van der Waals surface area contributed by atoms with Gasteiger partial charge >= 0.3 is 0 Å². The first kappa shape index (κ1) is 10.2. The molecule has 17 heavy (non-hydrogen) atoms. The Kier molecular flexibility index (Phi) is 2.47. The summed E-state index contributed by atoms with van der Waals surface area (Å²) in [7, 11) is 1.60. The number of rotatable bonds is 4. The molecule has 1 fully saturated rings. The highest BCUT2D eigenvalue weighted by Gasteiger charge is 2.28. The van der Waals surface area contributed by atoms with Crippen LogP contribution in [-0.4, -0.2) is 32.3 Å².